The lowest BCUT2D eigenvalue weighted by Crippen LogP contribution is -2.44. The van der Waals surface area contributed by atoms with Crippen LogP contribution in [0.5, 0.6) is 5.75 Å². The van der Waals surface area contributed by atoms with E-state index in [-0.39, 0.29) is 42.5 Å². The Bertz CT molecular complexity index is 729. The number of amides is 1. The molecule has 7 nitrogen and oxygen atoms in total. The molecule has 0 spiro atoms. The molecule has 0 saturated heterocycles. The van der Waals surface area contributed by atoms with Crippen LogP contribution in [-0.4, -0.2) is 43.1 Å². The minimum atomic E-state index is -0.166. The van der Waals surface area contributed by atoms with Crippen molar-refractivity contribution >= 4 is 41.5 Å². The SMILES string of the molecule is CN=C(NCC(=O)Nc1cccnc1)NCC1Cc2ccccc2O1.I. The maximum absolute atomic E-state index is 11.9. The molecule has 1 aromatic carbocycles. The molecule has 0 fully saturated rings. The van der Waals surface area contributed by atoms with E-state index < -0.39 is 0 Å². The second kappa shape index (κ2) is 9.95. The van der Waals surface area contributed by atoms with Crippen LogP contribution in [0, 0.1) is 0 Å². The van der Waals surface area contributed by atoms with Crippen LogP contribution in [0.1, 0.15) is 5.56 Å². The zero-order chi connectivity index (χ0) is 17.5. The number of nitrogens with zero attached hydrogens (tertiary/aromatic N) is 2. The number of hydrogen-bond acceptors (Lipinski definition) is 4. The van der Waals surface area contributed by atoms with E-state index >= 15 is 0 Å². The second-order valence-electron chi connectivity index (χ2n) is 5.65. The van der Waals surface area contributed by atoms with Gasteiger partial charge in [-0.3, -0.25) is 14.8 Å². The van der Waals surface area contributed by atoms with Crippen LogP contribution < -0.4 is 20.7 Å². The molecule has 1 aliphatic rings. The van der Waals surface area contributed by atoms with Crippen molar-refractivity contribution in [3.05, 3.63) is 54.4 Å². The van der Waals surface area contributed by atoms with Gasteiger partial charge in [0.05, 0.1) is 25.0 Å². The average molecular weight is 467 g/mol. The van der Waals surface area contributed by atoms with E-state index in [1.807, 2.05) is 18.2 Å². The lowest BCUT2D eigenvalue weighted by atomic mass is 10.1. The van der Waals surface area contributed by atoms with E-state index in [1.54, 1.807) is 31.6 Å². The van der Waals surface area contributed by atoms with Crippen molar-refractivity contribution in [2.24, 2.45) is 4.99 Å². The third-order valence-electron chi connectivity index (χ3n) is 3.80. The smallest absolute Gasteiger partial charge is 0.243 e. The number of rotatable bonds is 5. The molecular weight excluding hydrogens is 445 g/mol. The molecule has 3 N–H and O–H groups in total. The highest BCUT2D eigenvalue weighted by atomic mass is 127. The highest BCUT2D eigenvalue weighted by molar-refractivity contribution is 14.0. The van der Waals surface area contributed by atoms with Gasteiger partial charge in [-0.1, -0.05) is 18.2 Å². The van der Waals surface area contributed by atoms with Crippen LogP contribution in [0.15, 0.2) is 53.8 Å². The number of nitrogens with one attached hydrogen (secondary N) is 3. The monoisotopic (exact) mass is 467 g/mol. The fourth-order valence-corrected chi connectivity index (χ4v) is 2.60. The molecule has 1 atom stereocenters. The molecule has 2 aromatic rings. The van der Waals surface area contributed by atoms with Crippen molar-refractivity contribution in [1.29, 1.82) is 0 Å². The van der Waals surface area contributed by atoms with Gasteiger partial charge in [-0.25, -0.2) is 0 Å². The van der Waals surface area contributed by atoms with Crippen LogP contribution in [0.4, 0.5) is 5.69 Å². The summed E-state index contributed by atoms with van der Waals surface area (Å²) < 4.78 is 5.87. The molecule has 26 heavy (non-hydrogen) atoms. The summed E-state index contributed by atoms with van der Waals surface area (Å²) in [5, 5.41) is 8.93. The highest BCUT2D eigenvalue weighted by Crippen LogP contribution is 2.27. The number of guanidine groups is 1. The molecule has 0 bridgehead atoms. The van der Waals surface area contributed by atoms with Gasteiger partial charge in [0, 0.05) is 19.7 Å². The van der Waals surface area contributed by atoms with Crippen LogP contribution in [-0.2, 0) is 11.2 Å². The van der Waals surface area contributed by atoms with E-state index in [1.165, 1.54) is 5.56 Å². The van der Waals surface area contributed by atoms with Crippen molar-refractivity contribution in [3.8, 4) is 5.75 Å². The third kappa shape index (κ3) is 5.58. The van der Waals surface area contributed by atoms with Crippen LogP contribution in [0.25, 0.3) is 0 Å². The first-order valence-electron chi connectivity index (χ1n) is 8.13. The van der Waals surface area contributed by atoms with Gasteiger partial charge in [0.15, 0.2) is 5.96 Å². The largest absolute Gasteiger partial charge is 0.488 e. The fraction of sp³-hybridized carbons (Fsp3) is 0.278. The van der Waals surface area contributed by atoms with Crippen molar-refractivity contribution in [2.45, 2.75) is 12.5 Å². The van der Waals surface area contributed by atoms with E-state index in [0.29, 0.717) is 18.2 Å². The number of hydrogen-bond donors (Lipinski definition) is 3. The summed E-state index contributed by atoms with van der Waals surface area (Å²) in [7, 11) is 1.67. The maximum atomic E-state index is 11.9. The molecule has 0 aliphatic carbocycles. The van der Waals surface area contributed by atoms with Crippen LogP contribution in [0.3, 0.4) is 0 Å². The number of fused-ring (bicyclic) bond motifs is 1. The van der Waals surface area contributed by atoms with Crippen LogP contribution >= 0.6 is 24.0 Å². The topological polar surface area (TPSA) is 87.6 Å². The number of para-hydroxylation sites is 1. The Morgan fingerprint density at radius 2 is 2.12 bits per heavy atom. The van der Waals surface area contributed by atoms with E-state index in [4.69, 9.17) is 4.74 Å². The number of anilines is 1. The summed E-state index contributed by atoms with van der Waals surface area (Å²) in [5.41, 5.74) is 1.88. The van der Waals surface area contributed by atoms with Crippen molar-refractivity contribution in [2.75, 3.05) is 25.5 Å². The van der Waals surface area contributed by atoms with Crippen molar-refractivity contribution < 1.29 is 9.53 Å². The molecule has 1 aliphatic heterocycles. The molecule has 1 unspecified atom stereocenters. The standard InChI is InChI=1S/C18H21N5O2.HI/c1-19-18(22-12-17(24)23-14-6-4-8-20-10-14)21-11-15-9-13-5-2-3-7-16(13)25-15;/h2-8,10,15H,9,11-12H2,1H3,(H,23,24)(H2,19,21,22);1H. The lowest BCUT2D eigenvalue weighted by molar-refractivity contribution is -0.115. The molecule has 138 valence electrons. The van der Waals surface area contributed by atoms with Gasteiger partial charge >= 0.3 is 0 Å². The Labute approximate surface area is 169 Å². The average Bonchev–Trinajstić information content (AvgIpc) is 3.05. The Morgan fingerprint density at radius 1 is 1.27 bits per heavy atom. The van der Waals surface area contributed by atoms with Gasteiger partial charge in [0.2, 0.25) is 5.91 Å². The highest BCUT2D eigenvalue weighted by Gasteiger charge is 2.22. The normalized spacial score (nSPS) is 15.3. The van der Waals surface area contributed by atoms with Gasteiger partial charge < -0.3 is 20.7 Å². The summed E-state index contributed by atoms with van der Waals surface area (Å²) in [6, 6.07) is 11.6. The Hall–Kier alpha value is -2.36. The predicted octanol–water partition coefficient (Wildman–Crippen LogP) is 1.81. The summed E-state index contributed by atoms with van der Waals surface area (Å²) in [6.07, 6.45) is 4.17. The fourth-order valence-electron chi connectivity index (χ4n) is 2.60. The number of carbonyl (C=O) groups is 1. The Morgan fingerprint density at radius 3 is 2.85 bits per heavy atom. The minimum Gasteiger partial charge on any atom is -0.488 e. The van der Waals surface area contributed by atoms with Crippen LogP contribution in [0.2, 0.25) is 0 Å². The zero-order valence-corrected chi connectivity index (χ0v) is 16.8. The number of halogens is 1. The number of benzene rings is 1. The maximum Gasteiger partial charge on any atom is 0.243 e. The number of aromatic nitrogens is 1. The van der Waals surface area contributed by atoms with E-state index in [2.05, 4.69) is 32.0 Å². The molecule has 8 heteroatoms. The zero-order valence-electron chi connectivity index (χ0n) is 14.4. The Balaban J connectivity index is 0.00000243. The Kier molecular flexibility index (Phi) is 7.64. The second-order valence-corrected chi connectivity index (χ2v) is 5.65. The summed E-state index contributed by atoms with van der Waals surface area (Å²) in [4.78, 5) is 20.0. The predicted molar refractivity (Wildman–Crippen MR) is 112 cm³/mol. The lowest BCUT2D eigenvalue weighted by Gasteiger charge is -2.15. The molecule has 1 aromatic heterocycles. The first kappa shape index (κ1) is 20.0. The number of aliphatic imine (C=N–C) groups is 1. The van der Waals surface area contributed by atoms with Crippen molar-refractivity contribution in [3.63, 3.8) is 0 Å². The molecule has 0 saturated carbocycles. The van der Waals surface area contributed by atoms with Gasteiger partial charge in [-0.2, -0.15) is 0 Å². The van der Waals surface area contributed by atoms with E-state index in [0.717, 1.165) is 12.2 Å². The number of carbonyl (C=O) groups excluding carboxylic acids is 1. The summed E-state index contributed by atoms with van der Waals surface area (Å²) in [6.45, 7) is 0.721. The quantitative estimate of drug-likeness (QED) is 0.355. The van der Waals surface area contributed by atoms with Gasteiger partial charge in [0.25, 0.3) is 0 Å². The molecule has 3 rings (SSSR count). The summed E-state index contributed by atoms with van der Waals surface area (Å²) in [5.74, 6) is 1.33. The number of pyridine rings is 1. The first-order chi connectivity index (χ1) is 12.2. The molecule has 0 radical (unpaired) electrons. The van der Waals surface area contributed by atoms with E-state index in [9.17, 15) is 4.79 Å². The van der Waals surface area contributed by atoms with Gasteiger partial charge in [-0.15, -0.1) is 24.0 Å². The molecule has 1 amide bonds. The molecular formula is C18H22IN5O2. The summed E-state index contributed by atoms with van der Waals surface area (Å²) >= 11 is 0. The van der Waals surface area contributed by atoms with Gasteiger partial charge in [0.1, 0.15) is 11.9 Å². The van der Waals surface area contributed by atoms with Crippen molar-refractivity contribution in [1.82, 2.24) is 15.6 Å². The first-order valence-corrected chi connectivity index (χ1v) is 8.13. The minimum absolute atomic E-state index is 0. The number of ether oxygens (including phenoxy) is 1. The third-order valence-corrected chi connectivity index (χ3v) is 3.80. The van der Waals surface area contributed by atoms with Gasteiger partial charge in [-0.05, 0) is 23.8 Å². The molecule has 2 heterocycles.